The number of rotatable bonds is 3. The second kappa shape index (κ2) is 5.83. The molecule has 23 heavy (non-hydrogen) atoms. The lowest BCUT2D eigenvalue weighted by molar-refractivity contribution is 0.0752. The molecule has 0 N–H and O–H groups in total. The molecular formula is C18H20N2O2S. The molecule has 2 aromatic carbocycles. The van der Waals surface area contributed by atoms with E-state index in [4.69, 9.17) is 0 Å². The number of hydrogen-bond donors (Lipinski definition) is 0. The Hall–Kier alpha value is -2.11. The van der Waals surface area contributed by atoms with Gasteiger partial charge >= 0.3 is 0 Å². The molecule has 1 heterocycles. The van der Waals surface area contributed by atoms with E-state index in [9.17, 15) is 8.42 Å². The average Bonchev–Trinajstić information content (AvgIpc) is 2.83. The summed E-state index contributed by atoms with van der Waals surface area (Å²) in [6.07, 6.45) is 3.34. The van der Waals surface area contributed by atoms with Gasteiger partial charge in [0.1, 0.15) is 0 Å². The van der Waals surface area contributed by atoms with Crippen LogP contribution in [0.2, 0.25) is 0 Å². The minimum Gasteiger partial charge on any atom is -0.315 e. The Labute approximate surface area is 137 Å². The van der Waals surface area contributed by atoms with Gasteiger partial charge in [0, 0.05) is 32.1 Å². The molecule has 0 saturated carbocycles. The summed E-state index contributed by atoms with van der Waals surface area (Å²) in [5.41, 5.74) is 3.43. The highest BCUT2D eigenvalue weighted by atomic mass is 32.2. The van der Waals surface area contributed by atoms with Crippen LogP contribution >= 0.6 is 0 Å². The van der Waals surface area contributed by atoms with Gasteiger partial charge in [-0.25, -0.2) is 13.4 Å². The van der Waals surface area contributed by atoms with Gasteiger partial charge in [0.2, 0.25) is 0 Å². The molecule has 0 aromatic heterocycles. The molecule has 0 amide bonds. The first-order valence-electron chi connectivity index (χ1n) is 7.40. The lowest BCUT2D eigenvalue weighted by Gasteiger charge is -2.28. The first kappa shape index (κ1) is 15.8. The number of likely N-dealkylation sites (N-methyl/N-ethyl adjacent to an activating group) is 1. The third-order valence-electron chi connectivity index (χ3n) is 4.22. The van der Waals surface area contributed by atoms with Crippen LogP contribution in [0.5, 0.6) is 0 Å². The molecule has 0 radical (unpaired) electrons. The third-order valence-corrected chi connectivity index (χ3v) is 5.35. The van der Waals surface area contributed by atoms with Crippen LogP contribution < -0.4 is 0 Å². The Kier molecular flexibility index (Phi) is 4.00. The predicted octanol–water partition coefficient (Wildman–Crippen LogP) is 2.96. The molecule has 0 fully saturated rings. The summed E-state index contributed by atoms with van der Waals surface area (Å²) in [5, 5.41) is 4.19. The van der Waals surface area contributed by atoms with Crippen LogP contribution in [-0.4, -0.2) is 38.8 Å². The number of benzene rings is 2. The van der Waals surface area contributed by atoms with Crippen LogP contribution in [-0.2, 0) is 9.84 Å². The molecule has 0 bridgehead atoms. The molecule has 120 valence electrons. The number of sulfone groups is 1. The largest absolute Gasteiger partial charge is 0.315 e. The van der Waals surface area contributed by atoms with E-state index in [1.54, 1.807) is 12.1 Å². The number of hydrazine groups is 1. The summed E-state index contributed by atoms with van der Waals surface area (Å²) in [5.74, 6) is 0. The third kappa shape index (κ3) is 3.02. The van der Waals surface area contributed by atoms with E-state index in [1.165, 1.54) is 17.4 Å². The smallest absolute Gasteiger partial charge is 0.175 e. The molecule has 0 saturated heterocycles. The second-order valence-electron chi connectivity index (χ2n) is 5.84. The molecule has 1 atom stereocenters. The van der Waals surface area contributed by atoms with Crippen molar-refractivity contribution in [2.45, 2.75) is 10.9 Å². The van der Waals surface area contributed by atoms with E-state index in [0.717, 1.165) is 5.56 Å². The molecule has 0 spiro atoms. The molecule has 0 aliphatic carbocycles. The van der Waals surface area contributed by atoms with E-state index < -0.39 is 9.84 Å². The van der Waals surface area contributed by atoms with E-state index in [1.807, 2.05) is 44.4 Å². The lowest BCUT2D eigenvalue weighted by Crippen LogP contribution is -2.30. The van der Waals surface area contributed by atoms with Crippen molar-refractivity contribution < 1.29 is 8.42 Å². The van der Waals surface area contributed by atoms with Crippen LogP contribution in [0.15, 0.2) is 65.7 Å². The number of nitrogens with zero attached hydrogens (tertiary/aromatic N) is 2. The van der Waals surface area contributed by atoms with Crippen molar-refractivity contribution in [2.75, 3.05) is 20.4 Å². The Morgan fingerprint density at radius 3 is 2.09 bits per heavy atom. The second-order valence-corrected chi connectivity index (χ2v) is 7.86. The van der Waals surface area contributed by atoms with E-state index in [-0.39, 0.29) is 6.04 Å². The van der Waals surface area contributed by atoms with Gasteiger partial charge < -0.3 is 5.01 Å². The van der Waals surface area contributed by atoms with Gasteiger partial charge in [-0.2, -0.15) is 0 Å². The van der Waals surface area contributed by atoms with Crippen molar-refractivity contribution in [3.8, 4) is 0 Å². The Morgan fingerprint density at radius 1 is 0.913 bits per heavy atom. The van der Waals surface area contributed by atoms with E-state index in [2.05, 4.69) is 28.4 Å². The van der Waals surface area contributed by atoms with Crippen LogP contribution in [0.1, 0.15) is 17.2 Å². The Morgan fingerprint density at radius 2 is 1.52 bits per heavy atom. The van der Waals surface area contributed by atoms with Crippen molar-refractivity contribution in [1.82, 2.24) is 10.0 Å². The minimum atomic E-state index is -3.17. The lowest BCUT2D eigenvalue weighted by atomic mass is 9.94. The van der Waals surface area contributed by atoms with Gasteiger partial charge in [-0.1, -0.05) is 42.5 Å². The predicted molar refractivity (Wildman–Crippen MR) is 92.2 cm³/mol. The molecule has 1 unspecified atom stereocenters. The number of hydrogen-bond acceptors (Lipinski definition) is 4. The highest BCUT2D eigenvalue weighted by Gasteiger charge is 2.30. The summed E-state index contributed by atoms with van der Waals surface area (Å²) < 4.78 is 23.3. The fraction of sp³-hybridized carbons (Fsp3) is 0.222. The molecule has 5 heteroatoms. The van der Waals surface area contributed by atoms with Crippen LogP contribution in [0.25, 0.3) is 5.57 Å². The summed E-state index contributed by atoms with van der Waals surface area (Å²) in [7, 11) is 0.865. The maximum Gasteiger partial charge on any atom is 0.175 e. The zero-order valence-corrected chi connectivity index (χ0v) is 14.3. The Bertz CT molecular complexity index is 827. The van der Waals surface area contributed by atoms with Crippen LogP contribution in [0.4, 0.5) is 0 Å². The monoisotopic (exact) mass is 328 g/mol. The summed E-state index contributed by atoms with van der Waals surface area (Å²) in [4.78, 5) is 0.348. The minimum absolute atomic E-state index is 0.0658. The topological polar surface area (TPSA) is 40.6 Å². The molecule has 4 nitrogen and oxygen atoms in total. The van der Waals surface area contributed by atoms with Crippen molar-refractivity contribution in [3.05, 3.63) is 71.9 Å². The first-order chi connectivity index (χ1) is 10.9. The maximum atomic E-state index is 11.6. The van der Waals surface area contributed by atoms with Gasteiger partial charge in [-0.05, 0) is 23.3 Å². The fourth-order valence-electron chi connectivity index (χ4n) is 2.90. The first-order valence-corrected chi connectivity index (χ1v) is 9.30. The van der Waals surface area contributed by atoms with Crippen LogP contribution in [0.3, 0.4) is 0 Å². The van der Waals surface area contributed by atoms with Crippen LogP contribution in [0, 0.1) is 0 Å². The highest BCUT2D eigenvalue weighted by Crippen LogP contribution is 2.39. The van der Waals surface area contributed by atoms with Gasteiger partial charge in [0.05, 0.1) is 10.9 Å². The maximum absolute atomic E-state index is 11.6. The summed E-state index contributed by atoms with van der Waals surface area (Å²) >= 11 is 0. The normalized spacial score (nSPS) is 19.0. The fourth-order valence-corrected chi connectivity index (χ4v) is 3.53. The molecular weight excluding hydrogens is 308 g/mol. The zero-order valence-electron chi connectivity index (χ0n) is 13.5. The SMILES string of the molecule is CN1C=C(c2ccccc2)C(c2ccc(S(C)(=O)=O)cc2)N1C. The van der Waals surface area contributed by atoms with E-state index >= 15 is 0 Å². The molecule has 1 aliphatic rings. The summed E-state index contributed by atoms with van der Waals surface area (Å²) in [6, 6.07) is 17.5. The van der Waals surface area contributed by atoms with Gasteiger partial charge in [-0.15, -0.1) is 0 Å². The molecule has 2 aromatic rings. The highest BCUT2D eigenvalue weighted by molar-refractivity contribution is 7.90. The van der Waals surface area contributed by atoms with Crippen molar-refractivity contribution >= 4 is 15.4 Å². The standard InChI is InChI=1S/C18H20N2O2S/c1-19-13-17(14-7-5-4-6-8-14)18(20(19)2)15-9-11-16(12-10-15)23(3,21)22/h4-13,18H,1-3H3. The molecule has 1 aliphatic heterocycles. The average molecular weight is 328 g/mol. The van der Waals surface area contributed by atoms with Gasteiger partial charge in [0.15, 0.2) is 9.84 Å². The van der Waals surface area contributed by atoms with E-state index in [0.29, 0.717) is 4.90 Å². The quantitative estimate of drug-likeness (QED) is 0.868. The van der Waals surface area contributed by atoms with Gasteiger partial charge in [-0.3, -0.25) is 0 Å². The Balaban J connectivity index is 2.01. The van der Waals surface area contributed by atoms with Crippen molar-refractivity contribution in [2.24, 2.45) is 0 Å². The van der Waals surface area contributed by atoms with Crippen molar-refractivity contribution in [1.29, 1.82) is 0 Å². The summed E-state index contributed by atoms with van der Waals surface area (Å²) in [6.45, 7) is 0. The molecule has 3 rings (SSSR count). The zero-order chi connectivity index (χ0) is 16.6. The van der Waals surface area contributed by atoms with Crippen molar-refractivity contribution in [3.63, 3.8) is 0 Å². The van der Waals surface area contributed by atoms with Gasteiger partial charge in [0.25, 0.3) is 0 Å².